The van der Waals surface area contributed by atoms with E-state index in [2.05, 4.69) is 42.9 Å². The summed E-state index contributed by atoms with van der Waals surface area (Å²) in [6.07, 6.45) is 3.67. The highest BCUT2D eigenvalue weighted by Crippen LogP contribution is 2.43. The molecule has 1 N–H and O–H groups in total. The minimum Gasteiger partial charge on any atom is -0.593 e. The Kier molecular flexibility index (Phi) is 5.92. The predicted molar refractivity (Wildman–Crippen MR) is 133 cm³/mol. The van der Waals surface area contributed by atoms with E-state index in [4.69, 9.17) is 0 Å². The lowest BCUT2D eigenvalue weighted by atomic mass is 9.77. The monoisotopic (exact) mass is 532 g/mol. The molecule has 0 radical (unpaired) electrons. The van der Waals surface area contributed by atoms with Crippen molar-refractivity contribution in [3.05, 3.63) is 23.3 Å². The third-order valence-corrected chi connectivity index (χ3v) is 9.84. The second-order valence-electron chi connectivity index (χ2n) is 10.2. The zero-order chi connectivity index (χ0) is 25.1. The standard InChI is InChI=1S/C23H26F2N8OS2/c1-31-7-4-22(14-31)5-8-32(9-6-22)17-10-15(36(34)30-23(13-26)2-3-23)11-18-16(17)12-27-33(18)21-29-28-20(35-21)19(24)25/h10-12,19,30H,2-9,14H2,1H3. The molecule has 3 aromatic rings. The van der Waals surface area contributed by atoms with Gasteiger partial charge < -0.3 is 14.4 Å². The molecule has 13 heteroatoms. The van der Waals surface area contributed by atoms with Crippen molar-refractivity contribution in [2.45, 2.75) is 49.0 Å². The Morgan fingerprint density at radius 1 is 1.17 bits per heavy atom. The van der Waals surface area contributed by atoms with Gasteiger partial charge in [-0.15, -0.1) is 14.9 Å². The SMILES string of the molecule is CN1CCC2(CCN(c3cc([S+]([O-])NC4(C#N)CC4)cc4c3cnn4-c3nnc(C(F)F)s3)CC2)C1. The van der Waals surface area contributed by atoms with Gasteiger partial charge in [-0.2, -0.15) is 10.4 Å². The first kappa shape index (κ1) is 24.0. The molecule has 1 unspecified atom stereocenters. The molecule has 6 rings (SSSR count). The number of nitrogens with one attached hydrogen (secondary N) is 1. The molecule has 1 spiro atoms. The van der Waals surface area contributed by atoms with Crippen LogP contribution in [0.4, 0.5) is 14.5 Å². The van der Waals surface area contributed by atoms with Crippen LogP contribution in [0, 0.1) is 16.7 Å². The molecule has 3 aliphatic rings. The summed E-state index contributed by atoms with van der Waals surface area (Å²) in [7, 11) is 2.17. The summed E-state index contributed by atoms with van der Waals surface area (Å²) in [6.45, 7) is 3.98. The number of alkyl halides is 2. The van der Waals surface area contributed by atoms with Gasteiger partial charge in [-0.05, 0) is 51.1 Å². The summed E-state index contributed by atoms with van der Waals surface area (Å²) in [5.74, 6) is 0. The number of benzene rings is 1. The largest absolute Gasteiger partial charge is 0.593 e. The Morgan fingerprint density at radius 3 is 2.53 bits per heavy atom. The molecule has 2 aliphatic heterocycles. The van der Waals surface area contributed by atoms with Gasteiger partial charge in [0.25, 0.3) is 6.43 Å². The second-order valence-corrected chi connectivity index (χ2v) is 12.4. The highest BCUT2D eigenvalue weighted by atomic mass is 32.2. The van der Waals surface area contributed by atoms with Crippen LogP contribution in [-0.2, 0) is 11.4 Å². The fourth-order valence-electron chi connectivity index (χ4n) is 5.39. The lowest BCUT2D eigenvalue weighted by molar-refractivity contribution is 0.150. The summed E-state index contributed by atoms with van der Waals surface area (Å²) in [6, 6.07) is 5.87. The average Bonchev–Trinajstić information content (AvgIpc) is 3.19. The quantitative estimate of drug-likeness (QED) is 0.481. The summed E-state index contributed by atoms with van der Waals surface area (Å²) in [5, 5.41) is 22.1. The van der Waals surface area contributed by atoms with Crippen LogP contribution in [0.2, 0.25) is 0 Å². The molecule has 3 fully saturated rings. The number of nitrogens with zero attached hydrogens (tertiary/aromatic N) is 7. The van der Waals surface area contributed by atoms with Gasteiger partial charge in [0.2, 0.25) is 5.13 Å². The van der Waals surface area contributed by atoms with Crippen molar-refractivity contribution < 1.29 is 13.3 Å². The van der Waals surface area contributed by atoms with Gasteiger partial charge in [0.05, 0.1) is 34.8 Å². The third-order valence-electron chi connectivity index (χ3n) is 7.70. The molecule has 1 aliphatic carbocycles. The zero-order valence-electron chi connectivity index (χ0n) is 19.8. The Labute approximate surface area is 214 Å². The number of hydrogen-bond acceptors (Lipinski definition) is 9. The van der Waals surface area contributed by atoms with Crippen molar-refractivity contribution in [1.82, 2.24) is 29.6 Å². The normalized spacial score (nSPS) is 21.9. The van der Waals surface area contributed by atoms with E-state index in [9.17, 15) is 18.6 Å². The summed E-state index contributed by atoms with van der Waals surface area (Å²) >= 11 is -0.844. The molecule has 0 amide bonds. The number of hydrogen-bond donors (Lipinski definition) is 1. The van der Waals surface area contributed by atoms with Gasteiger partial charge in [-0.3, -0.25) is 0 Å². The fraction of sp³-hybridized carbons (Fsp3) is 0.565. The van der Waals surface area contributed by atoms with Crippen molar-refractivity contribution in [2.75, 3.05) is 38.1 Å². The lowest BCUT2D eigenvalue weighted by Gasteiger charge is -2.40. The van der Waals surface area contributed by atoms with E-state index in [1.165, 1.54) is 11.1 Å². The van der Waals surface area contributed by atoms with E-state index >= 15 is 0 Å². The highest BCUT2D eigenvalue weighted by molar-refractivity contribution is 7.89. The van der Waals surface area contributed by atoms with E-state index < -0.39 is 23.3 Å². The number of fused-ring (bicyclic) bond motifs is 1. The van der Waals surface area contributed by atoms with E-state index in [0.29, 0.717) is 28.7 Å². The zero-order valence-corrected chi connectivity index (χ0v) is 21.4. The van der Waals surface area contributed by atoms with Gasteiger partial charge in [0.15, 0.2) is 9.90 Å². The van der Waals surface area contributed by atoms with Crippen LogP contribution in [0.5, 0.6) is 0 Å². The van der Waals surface area contributed by atoms with Gasteiger partial charge in [-0.1, -0.05) is 11.3 Å². The second kappa shape index (κ2) is 8.88. The smallest absolute Gasteiger partial charge is 0.291 e. The lowest BCUT2D eigenvalue weighted by Crippen LogP contribution is -2.41. The molecule has 4 heterocycles. The fourth-order valence-corrected chi connectivity index (χ4v) is 7.22. The maximum Gasteiger partial charge on any atom is 0.291 e. The van der Waals surface area contributed by atoms with Crippen LogP contribution in [0.15, 0.2) is 23.2 Å². The number of piperidine rings is 1. The Morgan fingerprint density at radius 2 is 1.92 bits per heavy atom. The Balaban J connectivity index is 1.38. The average molecular weight is 533 g/mol. The van der Waals surface area contributed by atoms with E-state index in [-0.39, 0.29) is 10.1 Å². The first-order valence-electron chi connectivity index (χ1n) is 12.0. The van der Waals surface area contributed by atoms with Gasteiger partial charge >= 0.3 is 0 Å². The maximum atomic E-state index is 13.3. The molecule has 0 bridgehead atoms. The van der Waals surface area contributed by atoms with E-state index in [1.54, 1.807) is 12.3 Å². The minimum atomic E-state index is -2.71. The Bertz CT molecular complexity index is 1330. The number of anilines is 1. The van der Waals surface area contributed by atoms with Crippen molar-refractivity contribution in [3.8, 4) is 11.2 Å². The summed E-state index contributed by atoms with van der Waals surface area (Å²) in [4.78, 5) is 5.21. The van der Waals surface area contributed by atoms with Crippen LogP contribution >= 0.6 is 11.3 Å². The van der Waals surface area contributed by atoms with Crippen LogP contribution in [0.25, 0.3) is 16.0 Å². The number of halogens is 2. The minimum absolute atomic E-state index is 0.226. The molecule has 2 aromatic heterocycles. The van der Waals surface area contributed by atoms with E-state index in [1.807, 2.05) is 6.07 Å². The highest BCUT2D eigenvalue weighted by Gasteiger charge is 2.48. The van der Waals surface area contributed by atoms with Crippen LogP contribution < -0.4 is 9.62 Å². The third kappa shape index (κ3) is 4.24. The van der Waals surface area contributed by atoms with Crippen molar-refractivity contribution in [1.29, 1.82) is 5.26 Å². The van der Waals surface area contributed by atoms with Crippen LogP contribution in [0.1, 0.15) is 43.5 Å². The summed E-state index contributed by atoms with van der Waals surface area (Å²) in [5.41, 5.74) is 1.13. The van der Waals surface area contributed by atoms with Gasteiger partial charge in [-0.25, -0.2) is 13.5 Å². The molecular formula is C23H26F2N8OS2. The maximum absolute atomic E-state index is 13.3. The van der Waals surface area contributed by atoms with E-state index in [0.717, 1.165) is 61.4 Å². The van der Waals surface area contributed by atoms with Gasteiger partial charge in [0.1, 0.15) is 5.54 Å². The molecular weight excluding hydrogens is 506 g/mol. The predicted octanol–water partition coefficient (Wildman–Crippen LogP) is 3.41. The molecule has 190 valence electrons. The topological polar surface area (TPSA) is 109 Å². The molecule has 1 saturated carbocycles. The van der Waals surface area contributed by atoms with Crippen LogP contribution in [-0.4, -0.2) is 68.2 Å². The van der Waals surface area contributed by atoms with Crippen LogP contribution in [0.3, 0.4) is 0 Å². The number of likely N-dealkylation sites (tertiary alicyclic amines) is 1. The summed E-state index contributed by atoms with van der Waals surface area (Å²) < 4.78 is 44.1. The molecule has 1 atom stereocenters. The number of rotatable bonds is 6. The van der Waals surface area contributed by atoms with Crippen molar-refractivity contribution >= 4 is 39.3 Å². The van der Waals surface area contributed by atoms with Crippen molar-refractivity contribution in [2.24, 2.45) is 5.41 Å². The number of nitriles is 1. The molecule has 2 saturated heterocycles. The molecule has 36 heavy (non-hydrogen) atoms. The van der Waals surface area contributed by atoms with Crippen molar-refractivity contribution in [3.63, 3.8) is 0 Å². The first-order chi connectivity index (χ1) is 17.3. The molecule has 1 aromatic carbocycles. The molecule has 9 nitrogen and oxygen atoms in total. The van der Waals surface area contributed by atoms with Gasteiger partial charge in [0, 0.05) is 37.2 Å². The number of aromatic nitrogens is 4. The first-order valence-corrected chi connectivity index (χ1v) is 14.0. The Hall–Kier alpha value is -2.37.